The Morgan fingerprint density at radius 3 is 2.36 bits per heavy atom. The van der Waals surface area contributed by atoms with Crippen molar-refractivity contribution in [2.75, 3.05) is 37.9 Å². The maximum atomic E-state index is 12.1. The average molecular weight is 341 g/mol. The van der Waals surface area contributed by atoms with Gasteiger partial charge in [-0.05, 0) is 43.3 Å². The van der Waals surface area contributed by atoms with E-state index in [2.05, 4.69) is 10.6 Å². The lowest BCUT2D eigenvalue weighted by Gasteiger charge is -2.13. The quantitative estimate of drug-likeness (QED) is 0.812. The van der Waals surface area contributed by atoms with Crippen molar-refractivity contribution >= 4 is 23.2 Å². The van der Waals surface area contributed by atoms with Crippen molar-refractivity contribution in [3.63, 3.8) is 0 Å². The third-order valence-corrected chi connectivity index (χ3v) is 3.45. The molecule has 2 aromatic rings. The number of para-hydroxylation sites is 2. The van der Waals surface area contributed by atoms with Crippen LogP contribution >= 0.6 is 0 Å². The summed E-state index contributed by atoms with van der Waals surface area (Å²) in [7, 11) is 3.41. The Labute approximate surface area is 147 Å². The molecule has 0 fully saturated rings. The molecule has 0 spiro atoms. The van der Waals surface area contributed by atoms with Crippen LogP contribution in [0.2, 0.25) is 0 Å². The first-order valence-electron chi connectivity index (χ1n) is 8.08. The Morgan fingerprint density at radius 2 is 1.72 bits per heavy atom. The van der Waals surface area contributed by atoms with E-state index in [-0.39, 0.29) is 18.4 Å². The molecule has 0 unspecified atom stereocenters. The Hall–Kier alpha value is -3.02. The van der Waals surface area contributed by atoms with Crippen LogP contribution in [0.15, 0.2) is 48.5 Å². The molecule has 0 heterocycles. The number of hydrogen-bond donors (Lipinski definition) is 2. The van der Waals surface area contributed by atoms with Gasteiger partial charge in [0.15, 0.2) is 0 Å². The van der Waals surface area contributed by atoms with E-state index in [9.17, 15) is 9.59 Å². The van der Waals surface area contributed by atoms with Gasteiger partial charge in [0, 0.05) is 25.3 Å². The molecular formula is C19H23N3O3. The van der Waals surface area contributed by atoms with Gasteiger partial charge in [-0.1, -0.05) is 12.1 Å². The number of benzene rings is 2. The first kappa shape index (κ1) is 18.3. The SMILES string of the molecule is CCOc1ccccc1NC(=O)CNc1ccc(C(=O)N(C)C)cc1. The molecule has 25 heavy (non-hydrogen) atoms. The molecule has 2 rings (SSSR count). The van der Waals surface area contributed by atoms with Crippen molar-refractivity contribution in [1.82, 2.24) is 4.90 Å². The topological polar surface area (TPSA) is 70.7 Å². The zero-order chi connectivity index (χ0) is 18.2. The Bertz CT molecular complexity index is 727. The summed E-state index contributed by atoms with van der Waals surface area (Å²) in [5.41, 5.74) is 2.01. The maximum absolute atomic E-state index is 12.1. The van der Waals surface area contributed by atoms with Gasteiger partial charge in [-0.15, -0.1) is 0 Å². The first-order chi connectivity index (χ1) is 12.0. The molecular weight excluding hydrogens is 318 g/mol. The number of nitrogens with zero attached hydrogens (tertiary/aromatic N) is 1. The number of carbonyl (C=O) groups is 2. The molecule has 0 bridgehead atoms. The lowest BCUT2D eigenvalue weighted by Crippen LogP contribution is -2.23. The smallest absolute Gasteiger partial charge is 0.253 e. The summed E-state index contributed by atoms with van der Waals surface area (Å²) in [5.74, 6) is 0.405. The van der Waals surface area contributed by atoms with Gasteiger partial charge in [-0.3, -0.25) is 9.59 Å². The second-order valence-corrected chi connectivity index (χ2v) is 5.61. The van der Waals surface area contributed by atoms with Crippen LogP contribution in [0.4, 0.5) is 11.4 Å². The summed E-state index contributed by atoms with van der Waals surface area (Å²) in [6.07, 6.45) is 0. The van der Waals surface area contributed by atoms with Crippen molar-refractivity contribution in [2.45, 2.75) is 6.92 Å². The number of ether oxygens (including phenoxy) is 1. The van der Waals surface area contributed by atoms with Crippen LogP contribution in [0.1, 0.15) is 17.3 Å². The van der Waals surface area contributed by atoms with Crippen LogP contribution in [0.25, 0.3) is 0 Å². The highest BCUT2D eigenvalue weighted by molar-refractivity contribution is 5.96. The van der Waals surface area contributed by atoms with E-state index in [1.165, 1.54) is 4.90 Å². The summed E-state index contributed by atoms with van der Waals surface area (Å²) in [4.78, 5) is 25.5. The Morgan fingerprint density at radius 1 is 1.04 bits per heavy atom. The van der Waals surface area contributed by atoms with E-state index < -0.39 is 0 Å². The molecule has 0 aliphatic carbocycles. The second-order valence-electron chi connectivity index (χ2n) is 5.61. The number of amides is 2. The van der Waals surface area contributed by atoms with Gasteiger partial charge in [-0.25, -0.2) is 0 Å². The summed E-state index contributed by atoms with van der Waals surface area (Å²) in [6, 6.07) is 14.3. The third kappa shape index (κ3) is 5.24. The summed E-state index contributed by atoms with van der Waals surface area (Å²) in [5, 5.41) is 5.86. The fraction of sp³-hybridized carbons (Fsp3) is 0.263. The van der Waals surface area contributed by atoms with Crippen LogP contribution in [-0.4, -0.2) is 44.0 Å². The number of hydrogen-bond acceptors (Lipinski definition) is 4. The van der Waals surface area contributed by atoms with E-state index in [0.717, 1.165) is 5.69 Å². The minimum absolute atomic E-state index is 0.0585. The highest BCUT2D eigenvalue weighted by Gasteiger charge is 2.09. The van der Waals surface area contributed by atoms with Crippen molar-refractivity contribution in [1.29, 1.82) is 0 Å². The molecule has 0 radical (unpaired) electrons. The van der Waals surface area contributed by atoms with E-state index in [1.807, 2.05) is 25.1 Å². The van der Waals surface area contributed by atoms with Gasteiger partial charge in [0.05, 0.1) is 18.8 Å². The minimum atomic E-state index is -0.180. The van der Waals surface area contributed by atoms with E-state index in [4.69, 9.17) is 4.74 Å². The molecule has 0 aromatic heterocycles. The van der Waals surface area contributed by atoms with Crippen LogP contribution in [0.5, 0.6) is 5.75 Å². The van der Waals surface area contributed by atoms with Gasteiger partial charge in [-0.2, -0.15) is 0 Å². The minimum Gasteiger partial charge on any atom is -0.492 e. The van der Waals surface area contributed by atoms with Crippen molar-refractivity contribution in [3.8, 4) is 5.75 Å². The predicted molar refractivity (Wildman–Crippen MR) is 99.2 cm³/mol. The first-order valence-corrected chi connectivity index (χ1v) is 8.08. The summed E-state index contributed by atoms with van der Waals surface area (Å²) < 4.78 is 5.48. The average Bonchev–Trinajstić information content (AvgIpc) is 2.61. The predicted octanol–water partition coefficient (Wildman–Crippen LogP) is 2.84. The van der Waals surface area contributed by atoms with Crippen molar-refractivity contribution in [3.05, 3.63) is 54.1 Å². The summed E-state index contributed by atoms with van der Waals surface area (Å²) >= 11 is 0. The molecule has 2 aromatic carbocycles. The number of anilines is 2. The van der Waals surface area contributed by atoms with Crippen LogP contribution < -0.4 is 15.4 Å². The molecule has 0 aliphatic heterocycles. The third-order valence-electron chi connectivity index (χ3n) is 3.45. The second kappa shape index (κ2) is 8.73. The van der Waals surface area contributed by atoms with E-state index in [0.29, 0.717) is 23.6 Å². The fourth-order valence-electron chi connectivity index (χ4n) is 2.22. The van der Waals surface area contributed by atoms with Gasteiger partial charge in [0.25, 0.3) is 5.91 Å². The van der Waals surface area contributed by atoms with E-state index >= 15 is 0 Å². The standard InChI is InChI=1S/C19H23N3O3/c1-4-25-17-8-6-5-7-16(17)21-18(23)13-20-15-11-9-14(10-12-15)19(24)22(2)3/h5-12,20H,4,13H2,1-3H3,(H,21,23). The van der Waals surface area contributed by atoms with Crippen LogP contribution in [0, 0.1) is 0 Å². The normalized spacial score (nSPS) is 10.0. The lowest BCUT2D eigenvalue weighted by atomic mass is 10.2. The van der Waals surface area contributed by atoms with Gasteiger partial charge in [0.1, 0.15) is 5.75 Å². The maximum Gasteiger partial charge on any atom is 0.253 e. The van der Waals surface area contributed by atoms with Gasteiger partial charge < -0.3 is 20.3 Å². The Kier molecular flexibility index (Phi) is 6.39. The highest BCUT2D eigenvalue weighted by atomic mass is 16.5. The monoisotopic (exact) mass is 341 g/mol. The molecule has 132 valence electrons. The molecule has 2 N–H and O–H groups in total. The number of carbonyl (C=O) groups excluding carboxylic acids is 2. The van der Waals surface area contributed by atoms with Crippen LogP contribution in [0.3, 0.4) is 0 Å². The molecule has 0 atom stereocenters. The molecule has 0 saturated heterocycles. The van der Waals surface area contributed by atoms with Gasteiger partial charge in [0.2, 0.25) is 5.91 Å². The highest BCUT2D eigenvalue weighted by Crippen LogP contribution is 2.23. The molecule has 0 aliphatic rings. The van der Waals surface area contributed by atoms with E-state index in [1.54, 1.807) is 44.4 Å². The largest absolute Gasteiger partial charge is 0.492 e. The molecule has 2 amide bonds. The molecule has 0 saturated carbocycles. The number of nitrogens with one attached hydrogen (secondary N) is 2. The van der Waals surface area contributed by atoms with Crippen LogP contribution in [-0.2, 0) is 4.79 Å². The molecule has 6 heteroatoms. The number of rotatable bonds is 7. The zero-order valence-corrected chi connectivity index (χ0v) is 14.7. The molecule has 6 nitrogen and oxygen atoms in total. The lowest BCUT2D eigenvalue weighted by molar-refractivity contribution is -0.114. The van der Waals surface area contributed by atoms with Crippen molar-refractivity contribution < 1.29 is 14.3 Å². The summed E-state index contributed by atoms with van der Waals surface area (Å²) in [6.45, 7) is 2.54. The van der Waals surface area contributed by atoms with Crippen molar-refractivity contribution in [2.24, 2.45) is 0 Å². The Balaban J connectivity index is 1.91. The van der Waals surface area contributed by atoms with Gasteiger partial charge >= 0.3 is 0 Å². The fourth-order valence-corrected chi connectivity index (χ4v) is 2.22. The zero-order valence-electron chi connectivity index (χ0n) is 14.7.